The van der Waals surface area contributed by atoms with Crippen LogP contribution in [0.2, 0.25) is 0 Å². The van der Waals surface area contributed by atoms with Crippen LogP contribution in [0.3, 0.4) is 0 Å². The van der Waals surface area contributed by atoms with Crippen LogP contribution in [0.1, 0.15) is 18.0 Å². The van der Waals surface area contributed by atoms with E-state index in [1.165, 1.54) is 5.69 Å². The summed E-state index contributed by atoms with van der Waals surface area (Å²) in [6, 6.07) is 19.2. The molecule has 132 valence electrons. The molecule has 1 heterocycles. The van der Waals surface area contributed by atoms with E-state index >= 15 is 0 Å². The Kier molecular flexibility index (Phi) is 5.90. The zero-order valence-electron chi connectivity index (χ0n) is 14.3. The highest BCUT2D eigenvalue weighted by Gasteiger charge is 2.23. The van der Waals surface area contributed by atoms with Crippen molar-refractivity contribution in [3.63, 3.8) is 0 Å². The Labute approximate surface area is 148 Å². The first-order chi connectivity index (χ1) is 12.3. The highest BCUT2D eigenvalue weighted by atomic mass is 16.3. The third-order valence-corrected chi connectivity index (χ3v) is 4.65. The topological polar surface area (TPSA) is 64.6 Å². The molecule has 2 atom stereocenters. The summed E-state index contributed by atoms with van der Waals surface area (Å²) in [7, 11) is 0. The van der Waals surface area contributed by atoms with Crippen molar-refractivity contribution in [1.29, 1.82) is 0 Å². The van der Waals surface area contributed by atoms with E-state index in [2.05, 4.69) is 27.7 Å². The molecule has 25 heavy (non-hydrogen) atoms. The molecule has 5 nitrogen and oxygen atoms in total. The van der Waals surface area contributed by atoms with Crippen LogP contribution in [0.25, 0.3) is 0 Å². The van der Waals surface area contributed by atoms with Gasteiger partial charge in [0.1, 0.15) is 0 Å². The van der Waals surface area contributed by atoms with E-state index in [-0.39, 0.29) is 18.7 Å². The van der Waals surface area contributed by atoms with Gasteiger partial charge in [0.15, 0.2) is 0 Å². The zero-order valence-corrected chi connectivity index (χ0v) is 14.3. The Hall–Kier alpha value is -2.53. The Morgan fingerprint density at radius 1 is 1.12 bits per heavy atom. The summed E-state index contributed by atoms with van der Waals surface area (Å²) < 4.78 is 0. The molecular weight excluding hydrogens is 314 g/mol. The predicted molar refractivity (Wildman–Crippen MR) is 99.6 cm³/mol. The number of nitrogens with zero attached hydrogens (tertiary/aromatic N) is 1. The van der Waals surface area contributed by atoms with Crippen molar-refractivity contribution < 1.29 is 9.90 Å². The maximum absolute atomic E-state index is 12.1. The van der Waals surface area contributed by atoms with Crippen LogP contribution in [-0.2, 0) is 0 Å². The number of para-hydroxylation sites is 1. The maximum atomic E-state index is 12.1. The van der Waals surface area contributed by atoms with E-state index in [0.717, 1.165) is 25.1 Å². The number of anilines is 1. The second-order valence-electron chi connectivity index (χ2n) is 6.44. The largest absolute Gasteiger partial charge is 0.394 e. The Balaban J connectivity index is 1.45. The first-order valence-corrected chi connectivity index (χ1v) is 8.76. The summed E-state index contributed by atoms with van der Waals surface area (Å²) in [5, 5.41) is 15.3. The molecule has 1 saturated heterocycles. The van der Waals surface area contributed by atoms with Gasteiger partial charge in [-0.1, -0.05) is 48.5 Å². The van der Waals surface area contributed by atoms with Gasteiger partial charge in [-0.05, 0) is 30.0 Å². The van der Waals surface area contributed by atoms with Crippen LogP contribution in [0, 0.1) is 5.92 Å². The molecule has 2 aromatic rings. The van der Waals surface area contributed by atoms with Gasteiger partial charge in [-0.15, -0.1) is 0 Å². The lowest BCUT2D eigenvalue weighted by molar-refractivity contribution is 0.216. The van der Waals surface area contributed by atoms with Crippen molar-refractivity contribution >= 4 is 11.7 Å². The molecule has 3 N–H and O–H groups in total. The summed E-state index contributed by atoms with van der Waals surface area (Å²) in [6.45, 7) is 2.48. The molecule has 3 rings (SSSR count). The fourth-order valence-corrected chi connectivity index (χ4v) is 3.24. The third-order valence-electron chi connectivity index (χ3n) is 4.65. The van der Waals surface area contributed by atoms with Gasteiger partial charge in [-0.25, -0.2) is 4.79 Å². The van der Waals surface area contributed by atoms with Crippen LogP contribution in [-0.4, -0.2) is 37.4 Å². The molecule has 0 bridgehead atoms. The minimum Gasteiger partial charge on any atom is -0.394 e. The number of hydrogen-bond acceptors (Lipinski definition) is 3. The number of nitrogens with one attached hydrogen (secondary N) is 2. The molecule has 0 saturated carbocycles. The van der Waals surface area contributed by atoms with Crippen molar-refractivity contribution in [3.8, 4) is 0 Å². The van der Waals surface area contributed by atoms with Crippen molar-refractivity contribution in [2.45, 2.75) is 12.5 Å². The summed E-state index contributed by atoms with van der Waals surface area (Å²) in [5.74, 6) is 0.440. The van der Waals surface area contributed by atoms with Crippen LogP contribution >= 0.6 is 0 Å². The first kappa shape index (κ1) is 17.3. The quantitative estimate of drug-likeness (QED) is 0.758. The monoisotopic (exact) mass is 339 g/mol. The summed E-state index contributed by atoms with van der Waals surface area (Å²) in [6.07, 6.45) is 1.07. The van der Waals surface area contributed by atoms with Gasteiger partial charge in [0, 0.05) is 25.3 Å². The Morgan fingerprint density at radius 3 is 2.48 bits per heavy atom. The van der Waals surface area contributed by atoms with Gasteiger partial charge in [0.2, 0.25) is 0 Å². The minimum absolute atomic E-state index is 0.122. The van der Waals surface area contributed by atoms with Crippen LogP contribution < -0.4 is 15.5 Å². The standard InChI is InChI=1S/C20H25N3O2/c24-15-19(17-7-3-1-4-8-17)22-20(25)21-13-16-11-12-23(14-16)18-9-5-2-6-10-18/h1-10,16,19,24H,11-15H2,(H2,21,22,25)/t16-,19+/m0/s1. The lowest BCUT2D eigenvalue weighted by atomic mass is 10.1. The van der Waals surface area contributed by atoms with E-state index in [0.29, 0.717) is 12.5 Å². The molecule has 0 radical (unpaired) electrons. The lowest BCUT2D eigenvalue weighted by Gasteiger charge is -2.20. The summed E-state index contributed by atoms with van der Waals surface area (Å²) in [4.78, 5) is 14.5. The molecule has 1 aliphatic rings. The van der Waals surface area contributed by atoms with Gasteiger partial charge in [0.05, 0.1) is 12.6 Å². The highest BCUT2D eigenvalue weighted by Crippen LogP contribution is 2.23. The van der Waals surface area contributed by atoms with E-state index in [4.69, 9.17) is 0 Å². The lowest BCUT2D eigenvalue weighted by Crippen LogP contribution is -2.41. The second-order valence-corrected chi connectivity index (χ2v) is 6.44. The van der Waals surface area contributed by atoms with Gasteiger partial charge in [-0.2, -0.15) is 0 Å². The number of aliphatic hydroxyl groups is 1. The average molecular weight is 339 g/mol. The smallest absolute Gasteiger partial charge is 0.315 e. The SMILES string of the molecule is O=C(NC[C@@H]1CCN(c2ccccc2)C1)N[C@H](CO)c1ccccc1. The van der Waals surface area contributed by atoms with Crippen LogP contribution in [0.15, 0.2) is 60.7 Å². The van der Waals surface area contributed by atoms with Gasteiger partial charge >= 0.3 is 6.03 Å². The van der Waals surface area contributed by atoms with Crippen molar-refractivity contribution in [3.05, 3.63) is 66.2 Å². The number of aliphatic hydroxyl groups excluding tert-OH is 1. The Morgan fingerprint density at radius 2 is 1.80 bits per heavy atom. The molecule has 2 aromatic carbocycles. The first-order valence-electron chi connectivity index (χ1n) is 8.76. The van der Waals surface area contributed by atoms with Crippen LogP contribution in [0.5, 0.6) is 0 Å². The summed E-state index contributed by atoms with van der Waals surface area (Å²) >= 11 is 0. The molecule has 1 fully saturated rings. The molecule has 2 amide bonds. The number of carbonyl (C=O) groups excluding carboxylic acids is 1. The van der Waals surface area contributed by atoms with Crippen molar-refractivity contribution in [2.75, 3.05) is 31.1 Å². The number of benzene rings is 2. The second kappa shape index (κ2) is 8.53. The molecule has 5 heteroatoms. The zero-order chi connectivity index (χ0) is 17.5. The number of rotatable bonds is 6. The molecule has 1 aliphatic heterocycles. The fourth-order valence-electron chi connectivity index (χ4n) is 3.24. The third kappa shape index (κ3) is 4.73. The fraction of sp³-hybridized carbons (Fsp3) is 0.350. The average Bonchev–Trinajstić information content (AvgIpc) is 3.15. The van der Waals surface area contributed by atoms with Crippen molar-refractivity contribution in [1.82, 2.24) is 10.6 Å². The number of urea groups is 1. The molecule has 0 spiro atoms. The molecule has 0 unspecified atom stereocenters. The van der Waals surface area contributed by atoms with Gasteiger partial charge in [-0.3, -0.25) is 0 Å². The van der Waals surface area contributed by atoms with E-state index in [9.17, 15) is 9.90 Å². The highest BCUT2D eigenvalue weighted by molar-refractivity contribution is 5.74. The number of hydrogen-bond donors (Lipinski definition) is 3. The molecular formula is C20H25N3O2. The summed E-state index contributed by atoms with van der Waals surface area (Å²) in [5.41, 5.74) is 2.13. The normalized spacial score (nSPS) is 18.0. The molecule has 0 aliphatic carbocycles. The van der Waals surface area contributed by atoms with E-state index in [1.807, 2.05) is 48.5 Å². The minimum atomic E-state index is -0.384. The van der Waals surface area contributed by atoms with E-state index in [1.54, 1.807) is 0 Å². The molecule has 0 aromatic heterocycles. The van der Waals surface area contributed by atoms with Crippen molar-refractivity contribution in [2.24, 2.45) is 5.92 Å². The predicted octanol–water partition coefficient (Wildman–Crippen LogP) is 2.55. The number of carbonyl (C=O) groups is 1. The van der Waals surface area contributed by atoms with Gasteiger partial charge in [0.25, 0.3) is 0 Å². The number of amides is 2. The Bertz CT molecular complexity index is 663. The van der Waals surface area contributed by atoms with E-state index < -0.39 is 0 Å². The van der Waals surface area contributed by atoms with Crippen LogP contribution in [0.4, 0.5) is 10.5 Å². The maximum Gasteiger partial charge on any atom is 0.315 e. The van der Waals surface area contributed by atoms with Gasteiger partial charge < -0.3 is 20.6 Å².